The molecular weight excluding hydrogens is 350 g/mol. The molecule has 0 saturated heterocycles. The minimum absolute atomic E-state index is 0.0589. The molecule has 0 aromatic heterocycles. The number of para-hydroxylation sites is 1. The molecule has 0 bridgehead atoms. The Morgan fingerprint density at radius 3 is 2.62 bits per heavy atom. The number of hydrogen-bond donors (Lipinski definition) is 0. The number of anilines is 1. The lowest BCUT2D eigenvalue weighted by atomic mass is 10.1. The van der Waals surface area contributed by atoms with Crippen molar-refractivity contribution in [2.45, 2.75) is 31.2 Å². The molecule has 0 N–H and O–H groups in total. The fourth-order valence-corrected chi connectivity index (χ4v) is 4.82. The van der Waals surface area contributed by atoms with E-state index in [0.717, 1.165) is 27.7 Å². The molecule has 2 aromatic carbocycles. The normalized spacial score (nSPS) is 17.9. The SMILES string of the molecule is Cc1cc(S(=O)(=O)N2c3ccccc3C[C@H]2C)ccc1Br. The van der Waals surface area contributed by atoms with Crippen LogP contribution >= 0.6 is 15.9 Å². The molecule has 3 nitrogen and oxygen atoms in total. The van der Waals surface area contributed by atoms with Crippen molar-refractivity contribution in [3.8, 4) is 0 Å². The lowest BCUT2D eigenvalue weighted by Gasteiger charge is -2.24. The van der Waals surface area contributed by atoms with E-state index in [4.69, 9.17) is 0 Å². The molecule has 0 fully saturated rings. The largest absolute Gasteiger partial charge is 0.264 e. The van der Waals surface area contributed by atoms with Gasteiger partial charge in [0.25, 0.3) is 10.0 Å². The van der Waals surface area contributed by atoms with Crippen LogP contribution in [0.15, 0.2) is 51.8 Å². The third-order valence-corrected chi connectivity index (χ3v) is 6.64. The van der Waals surface area contributed by atoms with Gasteiger partial charge in [0.15, 0.2) is 0 Å². The molecule has 0 unspecified atom stereocenters. The lowest BCUT2D eigenvalue weighted by molar-refractivity contribution is 0.584. The van der Waals surface area contributed by atoms with Crippen molar-refractivity contribution in [3.63, 3.8) is 0 Å². The zero-order valence-electron chi connectivity index (χ0n) is 11.9. The predicted octanol–water partition coefficient (Wildman–Crippen LogP) is 3.90. The Kier molecular flexibility index (Phi) is 3.58. The molecule has 0 amide bonds. The number of hydrogen-bond acceptors (Lipinski definition) is 2. The number of sulfonamides is 1. The molecule has 0 aliphatic carbocycles. The average molecular weight is 366 g/mol. The predicted molar refractivity (Wildman–Crippen MR) is 88.2 cm³/mol. The first kappa shape index (κ1) is 14.6. The molecule has 1 atom stereocenters. The third kappa shape index (κ3) is 2.38. The molecule has 110 valence electrons. The zero-order chi connectivity index (χ0) is 15.2. The molecule has 0 radical (unpaired) electrons. The molecule has 5 heteroatoms. The minimum Gasteiger partial charge on any atom is -0.263 e. The quantitative estimate of drug-likeness (QED) is 0.809. The highest BCUT2D eigenvalue weighted by Crippen LogP contribution is 2.36. The van der Waals surface area contributed by atoms with Crippen LogP contribution in [0.3, 0.4) is 0 Å². The van der Waals surface area contributed by atoms with Gasteiger partial charge in [-0.25, -0.2) is 8.42 Å². The fourth-order valence-electron chi connectivity index (χ4n) is 2.79. The van der Waals surface area contributed by atoms with E-state index in [0.29, 0.717) is 4.90 Å². The standard InChI is InChI=1S/C16H16BrNO2S/c1-11-9-14(7-8-15(11)17)21(19,20)18-12(2)10-13-5-3-4-6-16(13)18/h3-9,12H,10H2,1-2H3/t12-/m1/s1. The van der Waals surface area contributed by atoms with Gasteiger partial charge in [-0.15, -0.1) is 0 Å². The first-order chi connectivity index (χ1) is 9.91. The molecule has 1 aliphatic rings. The molecule has 0 spiro atoms. The zero-order valence-corrected chi connectivity index (χ0v) is 14.3. The Balaban J connectivity index is 2.12. The highest BCUT2D eigenvalue weighted by Gasteiger charge is 2.35. The number of fused-ring (bicyclic) bond motifs is 1. The summed E-state index contributed by atoms with van der Waals surface area (Å²) >= 11 is 3.41. The summed E-state index contributed by atoms with van der Waals surface area (Å²) in [4.78, 5) is 0.340. The highest BCUT2D eigenvalue weighted by atomic mass is 79.9. The van der Waals surface area contributed by atoms with E-state index in [2.05, 4.69) is 15.9 Å². The maximum Gasteiger partial charge on any atom is 0.264 e. The number of halogens is 1. The molecular formula is C16H16BrNO2S. The van der Waals surface area contributed by atoms with Crippen molar-refractivity contribution < 1.29 is 8.42 Å². The van der Waals surface area contributed by atoms with Gasteiger partial charge < -0.3 is 0 Å². The van der Waals surface area contributed by atoms with Crippen molar-refractivity contribution in [3.05, 3.63) is 58.1 Å². The number of benzene rings is 2. The summed E-state index contributed by atoms with van der Waals surface area (Å²) in [7, 11) is -3.53. The summed E-state index contributed by atoms with van der Waals surface area (Å²) in [5.41, 5.74) is 2.80. The van der Waals surface area contributed by atoms with E-state index in [9.17, 15) is 8.42 Å². The van der Waals surface area contributed by atoms with Gasteiger partial charge in [-0.3, -0.25) is 4.31 Å². The molecule has 0 saturated carbocycles. The Bertz CT molecular complexity index is 802. The second-order valence-corrected chi connectivity index (χ2v) is 8.06. The van der Waals surface area contributed by atoms with Crippen LogP contribution in [0.2, 0.25) is 0 Å². The first-order valence-electron chi connectivity index (χ1n) is 6.80. The fraction of sp³-hybridized carbons (Fsp3) is 0.250. The van der Waals surface area contributed by atoms with Gasteiger partial charge >= 0.3 is 0 Å². The first-order valence-corrected chi connectivity index (χ1v) is 9.03. The second-order valence-electron chi connectivity index (χ2n) is 5.39. The minimum atomic E-state index is -3.53. The van der Waals surface area contributed by atoms with Crippen LogP contribution in [0.25, 0.3) is 0 Å². The number of rotatable bonds is 2. The van der Waals surface area contributed by atoms with Gasteiger partial charge in [0.1, 0.15) is 0 Å². The van der Waals surface area contributed by atoms with E-state index in [1.165, 1.54) is 0 Å². The number of nitrogens with zero attached hydrogens (tertiary/aromatic N) is 1. The van der Waals surface area contributed by atoms with E-state index >= 15 is 0 Å². The molecule has 1 heterocycles. The third-order valence-electron chi connectivity index (χ3n) is 3.83. The monoisotopic (exact) mass is 365 g/mol. The van der Waals surface area contributed by atoms with Crippen LogP contribution in [0, 0.1) is 6.92 Å². The molecule has 2 aromatic rings. The Labute approximate surface area is 133 Å². The summed E-state index contributed by atoms with van der Waals surface area (Å²) in [6.07, 6.45) is 0.755. The smallest absolute Gasteiger partial charge is 0.263 e. The van der Waals surface area contributed by atoms with Gasteiger partial charge in [0.05, 0.1) is 10.6 Å². The topological polar surface area (TPSA) is 37.4 Å². The van der Waals surface area contributed by atoms with E-state index in [1.54, 1.807) is 22.5 Å². The van der Waals surface area contributed by atoms with E-state index in [1.807, 2.05) is 38.1 Å². The van der Waals surface area contributed by atoms with Crippen molar-refractivity contribution in [2.24, 2.45) is 0 Å². The maximum atomic E-state index is 13.0. The van der Waals surface area contributed by atoms with Crippen molar-refractivity contribution in [2.75, 3.05) is 4.31 Å². The average Bonchev–Trinajstić information content (AvgIpc) is 2.78. The summed E-state index contributed by atoms with van der Waals surface area (Å²) in [6, 6.07) is 12.8. The van der Waals surface area contributed by atoms with Gasteiger partial charge in [-0.1, -0.05) is 34.1 Å². The van der Waals surface area contributed by atoms with Crippen LogP contribution in [0.5, 0.6) is 0 Å². The van der Waals surface area contributed by atoms with Crippen molar-refractivity contribution in [1.82, 2.24) is 0 Å². The summed E-state index contributed by atoms with van der Waals surface area (Å²) in [6.45, 7) is 3.84. The van der Waals surface area contributed by atoms with Crippen LogP contribution in [0.4, 0.5) is 5.69 Å². The Hall–Kier alpha value is -1.33. The Morgan fingerprint density at radius 2 is 1.90 bits per heavy atom. The van der Waals surface area contributed by atoms with Crippen molar-refractivity contribution >= 4 is 31.6 Å². The van der Waals surface area contributed by atoms with Gasteiger partial charge in [0.2, 0.25) is 0 Å². The summed E-state index contributed by atoms with van der Waals surface area (Å²) in [5.74, 6) is 0. The van der Waals surface area contributed by atoms with Crippen LogP contribution < -0.4 is 4.31 Å². The second kappa shape index (κ2) is 5.14. The van der Waals surface area contributed by atoms with Gasteiger partial charge in [0, 0.05) is 10.5 Å². The molecule has 21 heavy (non-hydrogen) atoms. The molecule has 3 rings (SSSR count). The van der Waals surface area contributed by atoms with Crippen molar-refractivity contribution in [1.29, 1.82) is 0 Å². The summed E-state index contributed by atoms with van der Waals surface area (Å²) in [5, 5.41) is 0. The molecule has 1 aliphatic heterocycles. The summed E-state index contributed by atoms with van der Waals surface area (Å²) < 4.78 is 28.4. The highest BCUT2D eigenvalue weighted by molar-refractivity contribution is 9.10. The van der Waals surface area contributed by atoms with Crippen LogP contribution in [0.1, 0.15) is 18.1 Å². The van der Waals surface area contributed by atoms with Gasteiger partial charge in [-0.05, 0) is 55.7 Å². The van der Waals surface area contributed by atoms with Crippen LogP contribution in [-0.4, -0.2) is 14.5 Å². The Morgan fingerprint density at radius 1 is 1.19 bits per heavy atom. The number of aryl methyl sites for hydroxylation is 1. The maximum absolute atomic E-state index is 13.0. The lowest BCUT2D eigenvalue weighted by Crippen LogP contribution is -2.35. The van der Waals surface area contributed by atoms with E-state index < -0.39 is 10.0 Å². The van der Waals surface area contributed by atoms with Crippen LogP contribution in [-0.2, 0) is 16.4 Å². The van der Waals surface area contributed by atoms with Gasteiger partial charge in [-0.2, -0.15) is 0 Å². The van der Waals surface area contributed by atoms with E-state index in [-0.39, 0.29) is 6.04 Å².